The molecule has 2 saturated heterocycles. The lowest BCUT2D eigenvalue weighted by molar-refractivity contribution is -0.136. The fraction of sp³-hybridized carbons (Fsp3) is 0.280. The predicted octanol–water partition coefficient (Wildman–Crippen LogP) is 4.78. The summed E-state index contributed by atoms with van der Waals surface area (Å²) < 4.78 is 6.44. The third-order valence-corrected chi connectivity index (χ3v) is 7.22. The molecular formula is C25H23BrN2O6S. The molecular weight excluding hydrogens is 536 g/mol. The maximum absolute atomic E-state index is 12.8. The van der Waals surface area contributed by atoms with Gasteiger partial charge in [-0.1, -0.05) is 18.2 Å². The van der Waals surface area contributed by atoms with Crippen LogP contribution in [0.4, 0.5) is 4.79 Å². The van der Waals surface area contributed by atoms with Gasteiger partial charge in [-0.2, -0.15) is 0 Å². The summed E-state index contributed by atoms with van der Waals surface area (Å²) in [6.45, 7) is 1.28. The van der Waals surface area contributed by atoms with E-state index in [0.29, 0.717) is 34.4 Å². The maximum atomic E-state index is 12.8. The summed E-state index contributed by atoms with van der Waals surface area (Å²) in [6, 6.07) is 11.7. The predicted molar refractivity (Wildman–Crippen MR) is 135 cm³/mol. The zero-order chi connectivity index (χ0) is 24.9. The number of ether oxygens (including phenoxy) is 1. The normalized spacial score (nSPS) is 17.2. The summed E-state index contributed by atoms with van der Waals surface area (Å²) in [5.41, 5.74) is 1.59. The molecule has 1 N–H and O–H groups in total. The molecule has 0 aromatic heterocycles. The molecule has 0 saturated carbocycles. The van der Waals surface area contributed by atoms with Crippen molar-refractivity contribution in [2.45, 2.75) is 25.9 Å². The lowest BCUT2D eigenvalue weighted by Gasteiger charge is -2.27. The van der Waals surface area contributed by atoms with E-state index in [1.165, 1.54) is 6.07 Å². The zero-order valence-electron chi connectivity index (χ0n) is 18.7. The first-order valence-electron chi connectivity index (χ1n) is 11.1. The number of imide groups is 1. The van der Waals surface area contributed by atoms with Gasteiger partial charge in [0.15, 0.2) is 0 Å². The SMILES string of the molecule is O=C(O)c1cccc(COc2ccc(/C=C3\SC(=O)N(CC(=O)N4CCCCC4)C3=O)cc2Br)c1. The number of rotatable bonds is 7. The minimum absolute atomic E-state index is 0.184. The van der Waals surface area contributed by atoms with Crippen LogP contribution in [-0.2, 0) is 16.2 Å². The molecule has 0 spiro atoms. The fourth-order valence-corrected chi connectivity index (χ4v) is 5.19. The van der Waals surface area contributed by atoms with Gasteiger partial charge in [-0.25, -0.2) is 4.79 Å². The Morgan fingerprint density at radius 3 is 2.57 bits per heavy atom. The molecule has 10 heteroatoms. The lowest BCUT2D eigenvalue weighted by atomic mass is 10.1. The van der Waals surface area contributed by atoms with Gasteiger partial charge in [0.05, 0.1) is 14.9 Å². The van der Waals surface area contributed by atoms with Gasteiger partial charge in [-0.15, -0.1) is 0 Å². The smallest absolute Gasteiger partial charge is 0.335 e. The van der Waals surface area contributed by atoms with Crippen LogP contribution in [0.2, 0.25) is 0 Å². The van der Waals surface area contributed by atoms with Crippen molar-refractivity contribution >= 4 is 56.8 Å². The van der Waals surface area contributed by atoms with E-state index in [1.807, 2.05) is 0 Å². The summed E-state index contributed by atoms with van der Waals surface area (Å²) in [5.74, 6) is -1.13. The van der Waals surface area contributed by atoms with Gasteiger partial charge in [0.25, 0.3) is 11.1 Å². The van der Waals surface area contributed by atoms with Gasteiger partial charge < -0.3 is 14.7 Å². The van der Waals surface area contributed by atoms with Crippen LogP contribution in [0.1, 0.15) is 40.7 Å². The first kappa shape index (κ1) is 25.0. The zero-order valence-corrected chi connectivity index (χ0v) is 21.1. The number of piperidine rings is 1. The molecule has 2 heterocycles. The number of hydrogen-bond donors (Lipinski definition) is 1. The Bertz CT molecular complexity index is 1210. The first-order chi connectivity index (χ1) is 16.8. The number of carboxylic acid groups (broad SMARTS) is 1. The molecule has 2 fully saturated rings. The van der Waals surface area contributed by atoms with E-state index in [9.17, 15) is 19.2 Å². The van der Waals surface area contributed by atoms with Crippen molar-refractivity contribution in [2.75, 3.05) is 19.6 Å². The highest BCUT2D eigenvalue weighted by molar-refractivity contribution is 9.10. The molecule has 2 aromatic rings. The molecule has 0 aliphatic carbocycles. The van der Waals surface area contributed by atoms with Gasteiger partial charge in [0.1, 0.15) is 18.9 Å². The molecule has 3 amide bonds. The standard InChI is InChI=1S/C25H23BrN2O6S/c26-19-12-16(7-8-20(19)34-15-17-5-4-6-18(11-17)24(31)32)13-21-23(30)28(25(33)35-21)14-22(29)27-9-2-1-3-10-27/h4-8,11-13H,1-3,9-10,14-15H2,(H,31,32)/b21-13-. The second-order valence-corrected chi connectivity index (χ2v) is 10.0. The molecule has 2 aliphatic heterocycles. The molecule has 2 aromatic carbocycles. The van der Waals surface area contributed by atoms with Crippen LogP contribution < -0.4 is 4.74 Å². The molecule has 0 unspecified atom stereocenters. The minimum Gasteiger partial charge on any atom is -0.488 e. The summed E-state index contributed by atoms with van der Waals surface area (Å²) in [6.07, 6.45) is 4.58. The number of nitrogens with zero attached hydrogens (tertiary/aromatic N) is 2. The highest BCUT2D eigenvalue weighted by atomic mass is 79.9. The lowest BCUT2D eigenvalue weighted by Crippen LogP contribution is -2.44. The van der Waals surface area contributed by atoms with E-state index >= 15 is 0 Å². The van der Waals surface area contributed by atoms with E-state index in [2.05, 4.69) is 15.9 Å². The Hall–Kier alpha value is -3.11. The third-order valence-electron chi connectivity index (χ3n) is 5.70. The molecule has 0 atom stereocenters. The number of thioether (sulfide) groups is 1. The van der Waals surface area contributed by atoms with Gasteiger partial charge in [-0.3, -0.25) is 19.3 Å². The number of halogens is 1. The number of carbonyl (C=O) groups excluding carboxylic acids is 3. The van der Waals surface area contributed by atoms with Crippen molar-refractivity contribution in [1.29, 1.82) is 0 Å². The van der Waals surface area contributed by atoms with Crippen LogP contribution in [0.3, 0.4) is 0 Å². The molecule has 8 nitrogen and oxygen atoms in total. The summed E-state index contributed by atoms with van der Waals surface area (Å²) in [4.78, 5) is 51.8. The monoisotopic (exact) mass is 558 g/mol. The van der Waals surface area contributed by atoms with Gasteiger partial charge in [0, 0.05) is 13.1 Å². The number of benzene rings is 2. The number of likely N-dealkylation sites (tertiary alicyclic amines) is 1. The van der Waals surface area contributed by atoms with Crippen molar-refractivity contribution < 1.29 is 29.0 Å². The van der Waals surface area contributed by atoms with Crippen molar-refractivity contribution in [1.82, 2.24) is 9.80 Å². The fourth-order valence-electron chi connectivity index (χ4n) is 3.85. The second kappa shape index (κ2) is 11.1. The number of amides is 3. The number of carboxylic acids is 1. The number of carbonyl (C=O) groups is 4. The van der Waals surface area contributed by atoms with Crippen LogP contribution in [-0.4, -0.2) is 57.6 Å². The molecule has 182 valence electrons. The van der Waals surface area contributed by atoms with Crippen LogP contribution in [0.15, 0.2) is 51.8 Å². The molecule has 2 aliphatic rings. The summed E-state index contributed by atoms with van der Waals surface area (Å²) in [5, 5.41) is 8.67. The van der Waals surface area contributed by atoms with E-state index < -0.39 is 17.1 Å². The third kappa shape index (κ3) is 6.12. The topological polar surface area (TPSA) is 104 Å². The number of aromatic carboxylic acids is 1. The van der Waals surface area contributed by atoms with Crippen molar-refractivity contribution in [2.24, 2.45) is 0 Å². The van der Waals surface area contributed by atoms with Gasteiger partial charge >= 0.3 is 5.97 Å². The molecule has 35 heavy (non-hydrogen) atoms. The van der Waals surface area contributed by atoms with E-state index in [4.69, 9.17) is 9.84 Å². The number of hydrogen-bond acceptors (Lipinski definition) is 6. The summed E-state index contributed by atoms with van der Waals surface area (Å²) >= 11 is 4.28. The Morgan fingerprint density at radius 1 is 1.09 bits per heavy atom. The van der Waals surface area contributed by atoms with Crippen molar-refractivity contribution in [3.8, 4) is 5.75 Å². The second-order valence-electron chi connectivity index (χ2n) is 8.19. The minimum atomic E-state index is -1.00. The van der Waals surface area contributed by atoms with Gasteiger partial charge in [-0.05, 0) is 88.4 Å². The Morgan fingerprint density at radius 2 is 1.86 bits per heavy atom. The van der Waals surface area contributed by atoms with Crippen LogP contribution in [0.5, 0.6) is 5.75 Å². The average molecular weight is 559 g/mol. The Labute approximate surface area is 215 Å². The quantitative estimate of drug-likeness (QED) is 0.488. The van der Waals surface area contributed by atoms with E-state index in [0.717, 1.165) is 35.9 Å². The highest BCUT2D eigenvalue weighted by Crippen LogP contribution is 2.34. The Balaban J connectivity index is 1.40. The van der Waals surface area contributed by atoms with Crippen LogP contribution >= 0.6 is 27.7 Å². The highest BCUT2D eigenvalue weighted by Gasteiger charge is 2.37. The van der Waals surface area contributed by atoms with Crippen LogP contribution in [0.25, 0.3) is 6.08 Å². The van der Waals surface area contributed by atoms with Crippen molar-refractivity contribution in [3.63, 3.8) is 0 Å². The van der Waals surface area contributed by atoms with Crippen molar-refractivity contribution in [3.05, 3.63) is 68.5 Å². The van der Waals surface area contributed by atoms with E-state index in [-0.39, 0.29) is 29.5 Å². The maximum Gasteiger partial charge on any atom is 0.335 e. The average Bonchev–Trinajstić information content (AvgIpc) is 3.11. The van der Waals surface area contributed by atoms with E-state index in [1.54, 1.807) is 47.4 Å². The molecule has 0 bridgehead atoms. The van der Waals surface area contributed by atoms with Gasteiger partial charge in [0.2, 0.25) is 5.91 Å². The summed E-state index contributed by atoms with van der Waals surface area (Å²) in [7, 11) is 0. The van der Waals surface area contributed by atoms with Crippen LogP contribution in [0, 0.1) is 0 Å². The first-order valence-corrected chi connectivity index (χ1v) is 12.7. The molecule has 0 radical (unpaired) electrons. The Kier molecular flexibility index (Phi) is 7.92. The molecule has 4 rings (SSSR count). The largest absolute Gasteiger partial charge is 0.488 e.